The smallest absolute Gasteiger partial charge is 0.316 e. The monoisotopic (exact) mass is 372 g/mol. The maximum absolute atomic E-state index is 12.7. The summed E-state index contributed by atoms with van der Waals surface area (Å²) in [7, 11) is 0. The number of nitrogens with two attached hydrogens (primary N) is 1. The summed E-state index contributed by atoms with van der Waals surface area (Å²) in [6.45, 7) is 2.99. The van der Waals surface area contributed by atoms with Crippen LogP contribution in [0.4, 0.5) is 16.2 Å². The van der Waals surface area contributed by atoms with Crippen molar-refractivity contribution >= 4 is 45.1 Å². The van der Waals surface area contributed by atoms with Gasteiger partial charge in [0.05, 0.1) is 0 Å². The van der Waals surface area contributed by atoms with E-state index in [9.17, 15) is 9.59 Å². The van der Waals surface area contributed by atoms with Crippen LogP contribution in [0.3, 0.4) is 0 Å². The second-order valence-electron chi connectivity index (χ2n) is 6.52. The number of nitrogens with one attached hydrogen (secondary N) is 2. The van der Waals surface area contributed by atoms with Gasteiger partial charge in [-0.1, -0.05) is 24.3 Å². The third-order valence-electron chi connectivity index (χ3n) is 4.74. The number of carbonyl (C=O) groups is 2. The van der Waals surface area contributed by atoms with Crippen molar-refractivity contribution in [2.45, 2.75) is 13.5 Å². The number of aryl methyl sites for hydroxylation is 1. The summed E-state index contributed by atoms with van der Waals surface area (Å²) in [4.78, 5) is 23.7. The molecule has 0 aliphatic heterocycles. The molecule has 4 N–H and O–H groups in total. The van der Waals surface area contributed by atoms with Crippen molar-refractivity contribution in [3.63, 3.8) is 0 Å². The van der Waals surface area contributed by atoms with Crippen LogP contribution < -0.4 is 16.4 Å². The Morgan fingerprint density at radius 3 is 2.39 bits per heavy atom. The Morgan fingerprint density at radius 1 is 0.857 bits per heavy atom. The van der Waals surface area contributed by atoms with Gasteiger partial charge >= 0.3 is 6.03 Å². The van der Waals surface area contributed by atoms with Crippen molar-refractivity contribution in [1.29, 1.82) is 0 Å². The molecule has 0 atom stereocenters. The van der Waals surface area contributed by atoms with Crippen molar-refractivity contribution < 1.29 is 9.59 Å². The topological polar surface area (TPSA) is 89.2 Å². The van der Waals surface area contributed by atoms with E-state index in [1.165, 1.54) is 5.52 Å². The first-order chi connectivity index (χ1) is 13.6. The lowest BCUT2D eigenvalue weighted by atomic mass is 10.1. The quantitative estimate of drug-likeness (QED) is 0.490. The standard InChI is InChI=1S/C22H20N4O2/c1-2-26-19-9-4-3-8-17(19)18-13-16(10-11-20(18)26)24-21(27)14-6-5-7-15(12-14)25-22(23)28/h3-13H,2H2,1H3,(H,24,27)(H3,23,25,28). The number of hydrogen-bond acceptors (Lipinski definition) is 2. The number of urea groups is 1. The van der Waals surface area contributed by atoms with Gasteiger partial charge in [0.15, 0.2) is 0 Å². The average molecular weight is 372 g/mol. The van der Waals surface area contributed by atoms with Gasteiger partial charge in [-0.15, -0.1) is 0 Å². The molecular weight excluding hydrogens is 352 g/mol. The lowest BCUT2D eigenvalue weighted by Crippen LogP contribution is -2.19. The molecule has 4 rings (SSSR count). The van der Waals surface area contributed by atoms with Gasteiger partial charge in [-0.05, 0) is 49.4 Å². The van der Waals surface area contributed by atoms with Crippen LogP contribution in [0.15, 0.2) is 66.7 Å². The van der Waals surface area contributed by atoms with E-state index in [0.29, 0.717) is 16.9 Å². The lowest BCUT2D eigenvalue weighted by Gasteiger charge is -2.08. The van der Waals surface area contributed by atoms with Gasteiger partial charge < -0.3 is 20.9 Å². The molecule has 3 aromatic carbocycles. The van der Waals surface area contributed by atoms with Crippen LogP contribution in [0, 0.1) is 0 Å². The summed E-state index contributed by atoms with van der Waals surface area (Å²) in [5.74, 6) is -0.258. The minimum atomic E-state index is -0.671. The molecule has 140 valence electrons. The number of fused-ring (bicyclic) bond motifs is 3. The number of aromatic nitrogens is 1. The van der Waals surface area contributed by atoms with Crippen LogP contribution in [0.5, 0.6) is 0 Å². The molecular formula is C22H20N4O2. The molecule has 0 radical (unpaired) electrons. The highest BCUT2D eigenvalue weighted by Gasteiger charge is 2.12. The Balaban J connectivity index is 1.68. The summed E-state index contributed by atoms with van der Waals surface area (Å²) in [5, 5.41) is 7.66. The van der Waals surface area contributed by atoms with Crippen molar-refractivity contribution in [3.8, 4) is 0 Å². The predicted molar refractivity (Wildman–Crippen MR) is 113 cm³/mol. The second-order valence-corrected chi connectivity index (χ2v) is 6.52. The minimum Gasteiger partial charge on any atom is -0.351 e. The zero-order valence-corrected chi connectivity index (χ0v) is 15.4. The number of benzene rings is 3. The van der Waals surface area contributed by atoms with Gasteiger partial charge in [-0.3, -0.25) is 4.79 Å². The maximum atomic E-state index is 12.7. The van der Waals surface area contributed by atoms with Crippen molar-refractivity contribution in [2.24, 2.45) is 5.73 Å². The van der Waals surface area contributed by atoms with E-state index in [2.05, 4.69) is 34.3 Å². The number of rotatable bonds is 4. The number of hydrogen-bond donors (Lipinski definition) is 3. The first-order valence-corrected chi connectivity index (χ1v) is 9.05. The highest BCUT2D eigenvalue weighted by atomic mass is 16.2. The van der Waals surface area contributed by atoms with Crippen LogP contribution >= 0.6 is 0 Å². The van der Waals surface area contributed by atoms with Crippen LogP contribution in [0.1, 0.15) is 17.3 Å². The molecule has 0 saturated carbocycles. The zero-order chi connectivity index (χ0) is 19.7. The van der Waals surface area contributed by atoms with E-state index >= 15 is 0 Å². The molecule has 0 saturated heterocycles. The molecule has 0 unspecified atom stereocenters. The molecule has 3 amide bonds. The molecule has 0 bridgehead atoms. The Morgan fingerprint density at radius 2 is 1.61 bits per heavy atom. The number of amides is 3. The fourth-order valence-electron chi connectivity index (χ4n) is 3.56. The third kappa shape index (κ3) is 3.16. The average Bonchev–Trinajstić information content (AvgIpc) is 3.01. The number of primary amides is 1. The van der Waals surface area contributed by atoms with Crippen LogP contribution in [-0.4, -0.2) is 16.5 Å². The number of anilines is 2. The molecule has 0 fully saturated rings. The summed E-state index contributed by atoms with van der Waals surface area (Å²) < 4.78 is 2.26. The van der Waals surface area contributed by atoms with E-state index in [-0.39, 0.29) is 5.91 Å². The molecule has 0 aliphatic carbocycles. The highest BCUT2D eigenvalue weighted by Crippen LogP contribution is 2.31. The van der Waals surface area contributed by atoms with Gasteiger partial charge in [0.1, 0.15) is 0 Å². The van der Waals surface area contributed by atoms with Crippen molar-refractivity contribution in [1.82, 2.24) is 4.57 Å². The van der Waals surface area contributed by atoms with Gasteiger partial charge in [0.2, 0.25) is 0 Å². The maximum Gasteiger partial charge on any atom is 0.316 e. The first-order valence-electron chi connectivity index (χ1n) is 9.05. The molecule has 6 nitrogen and oxygen atoms in total. The largest absolute Gasteiger partial charge is 0.351 e. The van der Waals surface area contributed by atoms with Crippen LogP contribution in [-0.2, 0) is 6.54 Å². The van der Waals surface area contributed by atoms with Crippen molar-refractivity contribution in [2.75, 3.05) is 10.6 Å². The summed E-state index contributed by atoms with van der Waals surface area (Å²) in [6.07, 6.45) is 0. The van der Waals surface area contributed by atoms with Gasteiger partial charge in [0, 0.05) is 45.3 Å². The Bertz CT molecular complexity index is 1210. The Hall–Kier alpha value is -3.80. The van der Waals surface area contributed by atoms with Crippen molar-refractivity contribution in [3.05, 3.63) is 72.3 Å². The lowest BCUT2D eigenvalue weighted by molar-refractivity contribution is 0.102. The van der Waals surface area contributed by atoms with E-state index in [1.807, 2.05) is 30.3 Å². The van der Waals surface area contributed by atoms with E-state index in [0.717, 1.165) is 22.8 Å². The van der Waals surface area contributed by atoms with E-state index < -0.39 is 6.03 Å². The minimum absolute atomic E-state index is 0.258. The fraction of sp³-hybridized carbons (Fsp3) is 0.0909. The first kappa shape index (κ1) is 17.6. The molecule has 1 heterocycles. The summed E-state index contributed by atoms with van der Waals surface area (Å²) in [6, 6.07) is 20.1. The van der Waals surface area contributed by atoms with Crippen LogP contribution in [0.2, 0.25) is 0 Å². The summed E-state index contributed by atoms with van der Waals surface area (Å²) in [5.41, 5.74) is 9.06. The van der Waals surface area contributed by atoms with Gasteiger partial charge in [0.25, 0.3) is 5.91 Å². The summed E-state index contributed by atoms with van der Waals surface area (Å²) >= 11 is 0. The molecule has 28 heavy (non-hydrogen) atoms. The van der Waals surface area contributed by atoms with Crippen LogP contribution in [0.25, 0.3) is 21.8 Å². The van der Waals surface area contributed by atoms with E-state index in [4.69, 9.17) is 5.73 Å². The highest BCUT2D eigenvalue weighted by molar-refractivity contribution is 6.11. The number of carbonyl (C=O) groups excluding carboxylic acids is 2. The molecule has 6 heteroatoms. The second kappa shape index (κ2) is 7.08. The van der Waals surface area contributed by atoms with Gasteiger partial charge in [-0.2, -0.15) is 0 Å². The van der Waals surface area contributed by atoms with E-state index in [1.54, 1.807) is 24.3 Å². The molecule has 4 aromatic rings. The number of para-hydroxylation sites is 1. The molecule has 0 spiro atoms. The Kier molecular flexibility index (Phi) is 4.45. The number of nitrogens with zero attached hydrogens (tertiary/aromatic N) is 1. The molecule has 0 aliphatic rings. The fourth-order valence-corrected chi connectivity index (χ4v) is 3.56. The predicted octanol–water partition coefficient (Wildman–Crippen LogP) is 4.56. The van der Waals surface area contributed by atoms with Gasteiger partial charge in [-0.25, -0.2) is 4.79 Å². The zero-order valence-electron chi connectivity index (χ0n) is 15.4. The normalized spacial score (nSPS) is 10.9. The Labute approximate surface area is 161 Å². The SMILES string of the molecule is CCn1c2ccccc2c2cc(NC(=O)c3cccc(NC(N)=O)c3)ccc21. The molecule has 1 aromatic heterocycles. The third-order valence-corrected chi connectivity index (χ3v) is 4.74.